The zero-order valence-corrected chi connectivity index (χ0v) is 13.5. The summed E-state index contributed by atoms with van der Waals surface area (Å²) in [4.78, 5) is 2.45. The fraction of sp³-hybridized carbons (Fsp3) is 0.400. The first kappa shape index (κ1) is 15.1. The third-order valence-electron chi connectivity index (χ3n) is 4.24. The Labute approximate surface area is 133 Å². The van der Waals surface area contributed by atoms with Gasteiger partial charge in [0.05, 0.1) is 12.2 Å². The summed E-state index contributed by atoms with van der Waals surface area (Å²) in [6.07, 6.45) is 2.79. The molecule has 0 unspecified atom stereocenters. The smallest absolute Gasteiger partial charge is 0.0726 e. The Balaban J connectivity index is 1.67. The van der Waals surface area contributed by atoms with Gasteiger partial charge in [-0.3, -0.25) is 0 Å². The van der Waals surface area contributed by atoms with Crippen molar-refractivity contribution in [3.8, 4) is 0 Å². The molecular formula is C20H25NO. The van der Waals surface area contributed by atoms with E-state index in [4.69, 9.17) is 4.74 Å². The Hall–Kier alpha value is -1.80. The molecule has 2 atom stereocenters. The molecule has 0 spiro atoms. The number of morpholine rings is 1. The van der Waals surface area contributed by atoms with Gasteiger partial charge in [0.1, 0.15) is 0 Å². The molecule has 3 rings (SSSR count). The van der Waals surface area contributed by atoms with Gasteiger partial charge >= 0.3 is 0 Å². The first-order valence-corrected chi connectivity index (χ1v) is 8.24. The van der Waals surface area contributed by atoms with E-state index in [9.17, 15) is 0 Å². The molecule has 1 fully saturated rings. The molecule has 1 saturated heterocycles. The van der Waals surface area contributed by atoms with Gasteiger partial charge in [0, 0.05) is 18.8 Å². The number of anilines is 1. The predicted molar refractivity (Wildman–Crippen MR) is 92.5 cm³/mol. The summed E-state index contributed by atoms with van der Waals surface area (Å²) in [5.41, 5.74) is 4.14. The number of hydrogen-bond donors (Lipinski definition) is 0. The average Bonchev–Trinajstić information content (AvgIpc) is 2.53. The molecule has 0 saturated carbocycles. The molecular weight excluding hydrogens is 270 g/mol. The van der Waals surface area contributed by atoms with E-state index in [0.717, 1.165) is 25.9 Å². The summed E-state index contributed by atoms with van der Waals surface area (Å²) in [6, 6.07) is 19.7. The van der Waals surface area contributed by atoms with Crippen LogP contribution in [0.4, 0.5) is 5.69 Å². The standard InChI is InChI=1S/C20H25NO/c1-16-14-21(15-17(2)22-16)20-10-6-9-19(13-20)12-11-18-7-4-3-5-8-18/h3-10,13,16-17H,11-12,14-15H2,1-2H3/t16-,17+. The summed E-state index contributed by atoms with van der Waals surface area (Å²) in [6.45, 7) is 6.27. The van der Waals surface area contributed by atoms with E-state index in [-0.39, 0.29) is 0 Å². The molecule has 0 aromatic heterocycles. The van der Waals surface area contributed by atoms with Gasteiger partial charge in [0.2, 0.25) is 0 Å². The Morgan fingerprint density at radius 1 is 0.864 bits per heavy atom. The molecule has 1 aliphatic rings. The summed E-state index contributed by atoms with van der Waals surface area (Å²) < 4.78 is 5.83. The highest BCUT2D eigenvalue weighted by Gasteiger charge is 2.22. The van der Waals surface area contributed by atoms with E-state index in [1.165, 1.54) is 16.8 Å². The van der Waals surface area contributed by atoms with Crippen LogP contribution in [-0.2, 0) is 17.6 Å². The van der Waals surface area contributed by atoms with Crippen LogP contribution in [0.5, 0.6) is 0 Å². The number of rotatable bonds is 4. The van der Waals surface area contributed by atoms with Crippen LogP contribution in [0.25, 0.3) is 0 Å². The zero-order valence-electron chi connectivity index (χ0n) is 13.5. The lowest BCUT2D eigenvalue weighted by molar-refractivity contribution is -0.00522. The monoisotopic (exact) mass is 295 g/mol. The lowest BCUT2D eigenvalue weighted by Gasteiger charge is -2.37. The SMILES string of the molecule is C[C@@H]1CN(c2cccc(CCc3ccccc3)c2)C[C@H](C)O1. The Bertz CT molecular complexity index is 586. The molecule has 22 heavy (non-hydrogen) atoms. The highest BCUT2D eigenvalue weighted by Crippen LogP contribution is 2.22. The summed E-state index contributed by atoms with van der Waals surface area (Å²) in [7, 11) is 0. The van der Waals surface area contributed by atoms with E-state index >= 15 is 0 Å². The van der Waals surface area contributed by atoms with Crippen molar-refractivity contribution in [2.45, 2.75) is 38.9 Å². The van der Waals surface area contributed by atoms with Crippen LogP contribution in [0.3, 0.4) is 0 Å². The van der Waals surface area contributed by atoms with Gasteiger partial charge in [-0.15, -0.1) is 0 Å². The van der Waals surface area contributed by atoms with Gasteiger partial charge in [0.25, 0.3) is 0 Å². The minimum atomic E-state index is 0.303. The third-order valence-corrected chi connectivity index (χ3v) is 4.24. The highest BCUT2D eigenvalue weighted by atomic mass is 16.5. The maximum atomic E-state index is 5.83. The van der Waals surface area contributed by atoms with Crippen molar-refractivity contribution in [1.82, 2.24) is 0 Å². The summed E-state index contributed by atoms with van der Waals surface area (Å²) in [5.74, 6) is 0. The second-order valence-electron chi connectivity index (χ2n) is 6.32. The lowest BCUT2D eigenvalue weighted by atomic mass is 10.0. The first-order chi connectivity index (χ1) is 10.7. The van der Waals surface area contributed by atoms with Crippen molar-refractivity contribution >= 4 is 5.69 Å². The molecule has 116 valence electrons. The largest absolute Gasteiger partial charge is 0.372 e. The maximum Gasteiger partial charge on any atom is 0.0726 e. The van der Waals surface area contributed by atoms with Crippen LogP contribution in [0, 0.1) is 0 Å². The number of benzene rings is 2. The van der Waals surface area contributed by atoms with Gasteiger partial charge in [-0.1, -0.05) is 42.5 Å². The fourth-order valence-corrected chi connectivity index (χ4v) is 3.23. The molecule has 0 N–H and O–H groups in total. The Kier molecular flexibility index (Phi) is 4.79. The topological polar surface area (TPSA) is 12.5 Å². The molecule has 2 aromatic rings. The van der Waals surface area contributed by atoms with E-state index in [1.807, 2.05) is 0 Å². The summed E-state index contributed by atoms with van der Waals surface area (Å²) in [5, 5.41) is 0. The van der Waals surface area contributed by atoms with Crippen molar-refractivity contribution < 1.29 is 4.74 Å². The molecule has 2 heteroatoms. The Morgan fingerprint density at radius 2 is 1.50 bits per heavy atom. The zero-order chi connectivity index (χ0) is 15.4. The van der Waals surface area contributed by atoms with Gasteiger partial charge in [0.15, 0.2) is 0 Å². The molecule has 2 nitrogen and oxygen atoms in total. The molecule has 0 radical (unpaired) electrons. The van der Waals surface area contributed by atoms with Crippen LogP contribution < -0.4 is 4.90 Å². The second-order valence-corrected chi connectivity index (χ2v) is 6.32. The van der Waals surface area contributed by atoms with Crippen molar-refractivity contribution in [1.29, 1.82) is 0 Å². The van der Waals surface area contributed by atoms with Crippen molar-refractivity contribution in [3.05, 3.63) is 65.7 Å². The third kappa shape index (κ3) is 3.89. The molecule has 1 heterocycles. The molecule has 0 bridgehead atoms. The fourth-order valence-electron chi connectivity index (χ4n) is 3.23. The van der Waals surface area contributed by atoms with Crippen LogP contribution in [0.1, 0.15) is 25.0 Å². The van der Waals surface area contributed by atoms with E-state index in [0.29, 0.717) is 12.2 Å². The molecule has 0 amide bonds. The summed E-state index contributed by atoms with van der Waals surface area (Å²) >= 11 is 0. The average molecular weight is 295 g/mol. The normalized spacial score (nSPS) is 21.8. The Morgan fingerprint density at radius 3 is 2.23 bits per heavy atom. The van der Waals surface area contributed by atoms with E-state index < -0.39 is 0 Å². The van der Waals surface area contributed by atoms with Gasteiger partial charge in [-0.25, -0.2) is 0 Å². The highest BCUT2D eigenvalue weighted by molar-refractivity contribution is 5.49. The van der Waals surface area contributed by atoms with E-state index in [1.54, 1.807) is 0 Å². The van der Waals surface area contributed by atoms with Gasteiger partial charge in [-0.2, -0.15) is 0 Å². The van der Waals surface area contributed by atoms with Gasteiger partial charge < -0.3 is 9.64 Å². The predicted octanol–water partition coefficient (Wildman–Crippen LogP) is 4.09. The van der Waals surface area contributed by atoms with E-state index in [2.05, 4.69) is 73.3 Å². The van der Waals surface area contributed by atoms with Crippen LogP contribution in [0.2, 0.25) is 0 Å². The van der Waals surface area contributed by atoms with Crippen LogP contribution >= 0.6 is 0 Å². The first-order valence-electron chi connectivity index (χ1n) is 8.24. The minimum Gasteiger partial charge on any atom is -0.372 e. The molecule has 2 aromatic carbocycles. The van der Waals surface area contributed by atoms with Crippen molar-refractivity contribution in [2.75, 3.05) is 18.0 Å². The van der Waals surface area contributed by atoms with Crippen LogP contribution in [-0.4, -0.2) is 25.3 Å². The number of hydrogen-bond acceptors (Lipinski definition) is 2. The molecule has 1 aliphatic heterocycles. The van der Waals surface area contributed by atoms with Gasteiger partial charge in [-0.05, 0) is 49.9 Å². The maximum absolute atomic E-state index is 5.83. The molecule has 0 aliphatic carbocycles. The minimum absolute atomic E-state index is 0.303. The lowest BCUT2D eigenvalue weighted by Crippen LogP contribution is -2.45. The quantitative estimate of drug-likeness (QED) is 0.842. The number of ether oxygens (including phenoxy) is 1. The second kappa shape index (κ2) is 6.97. The number of aryl methyl sites for hydroxylation is 2. The van der Waals surface area contributed by atoms with Crippen molar-refractivity contribution in [2.24, 2.45) is 0 Å². The number of nitrogens with zero attached hydrogens (tertiary/aromatic N) is 1. The van der Waals surface area contributed by atoms with Crippen molar-refractivity contribution in [3.63, 3.8) is 0 Å². The van der Waals surface area contributed by atoms with Crippen LogP contribution in [0.15, 0.2) is 54.6 Å².